The van der Waals surface area contributed by atoms with Crippen molar-refractivity contribution in [1.82, 2.24) is 20.3 Å². The standard InChI is InChI=1S/C13H20N4O4/c1-13(2,3)21-12(19)14-8-5-9(6-8)17-7-10(15-16-17)11(18)20-4/h7-9H,5-6H2,1-4H3,(H,14,19). The molecule has 8 nitrogen and oxygen atoms in total. The molecular formula is C13H20N4O4. The number of aromatic nitrogens is 3. The number of nitrogens with one attached hydrogen (secondary N) is 1. The summed E-state index contributed by atoms with van der Waals surface area (Å²) in [4.78, 5) is 22.9. The fraction of sp³-hybridized carbons (Fsp3) is 0.692. The van der Waals surface area contributed by atoms with E-state index in [1.807, 2.05) is 20.8 Å². The molecule has 1 saturated carbocycles. The molecule has 1 fully saturated rings. The third kappa shape index (κ3) is 3.93. The van der Waals surface area contributed by atoms with Crippen LogP contribution in [0.2, 0.25) is 0 Å². The van der Waals surface area contributed by atoms with Crippen LogP contribution in [0.4, 0.5) is 4.79 Å². The Hall–Kier alpha value is -2.12. The Morgan fingerprint density at radius 1 is 1.38 bits per heavy atom. The highest BCUT2D eigenvalue weighted by Crippen LogP contribution is 2.31. The monoisotopic (exact) mass is 296 g/mol. The van der Waals surface area contributed by atoms with Gasteiger partial charge in [0.1, 0.15) is 5.60 Å². The van der Waals surface area contributed by atoms with Gasteiger partial charge in [-0.05, 0) is 33.6 Å². The van der Waals surface area contributed by atoms with E-state index in [2.05, 4.69) is 20.4 Å². The SMILES string of the molecule is COC(=O)c1cn(C2CC(NC(=O)OC(C)(C)C)C2)nn1. The molecule has 1 N–H and O–H groups in total. The molecule has 1 aromatic rings. The zero-order chi connectivity index (χ0) is 15.6. The minimum atomic E-state index is -0.510. The highest BCUT2D eigenvalue weighted by atomic mass is 16.6. The van der Waals surface area contributed by atoms with Gasteiger partial charge in [-0.1, -0.05) is 5.21 Å². The third-order valence-corrected chi connectivity index (χ3v) is 3.11. The van der Waals surface area contributed by atoms with Gasteiger partial charge in [-0.15, -0.1) is 5.10 Å². The average Bonchev–Trinajstić information content (AvgIpc) is 2.79. The summed E-state index contributed by atoms with van der Waals surface area (Å²) >= 11 is 0. The third-order valence-electron chi connectivity index (χ3n) is 3.11. The van der Waals surface area contributed by atoms with Crippen LogP contribution < -0.4 is 5.32 Å². The van der Waals surface area contributed by atoms with Crippen LogP contribution in [0.3, 0.4) is 0 Å². The summed E-state index contributed by atoms with van der Waals surface area (Å²) in [6.45, 7) is 5.46. The van der Waals surface area contributed by atoms with E-state index in [1.54, 1.807) is 10.9 Å². The Morgan fingerprint density at radius 2 is 2.05 bits per heavy atom. The van der Waals surface area contributed by atoms with Crippen LogP contribution in [0.15, 0.2) is 6.20 Å². The van der Waals surface area contributed by atoms with Crippen LogP contribution >= 0.6 is 0 Å². The van der Waals surface area contributed by atoms with Crippen molar-refractivity contribution in [1.29, 1.82) is 0 Å². The Balaban J connectivity index is 1.80. The van der Waals surface area contributed by atoms with Crippen LogP contribution in [0, 0.1) is 0 Å². The summed E-state index contributed by atoms with van der Waals surface area (Å²) < 4.78 is 11.4. The number of ether oxygens (including phenoxy) is 2. The summed E-state index contributed by atoms with van der Waals surface area (Å²) in [5.41, 5.74) is -0.324. The van der Waals surface area contributed by atoms with Gasteiger partial charge in [0.15, 0.2) is 5.69 Å². The number of hydrogen-bond donors (Lipinski definition) is 1. The fourth-order valence-electron chi connectivity index (χ4n) is 2.05. The van der Waals surface area contributed by atoms with Crippen LogP contribution in [0.1, 0.15) is 50.1 Å². The zero-order valence-electron chi connectivity index (χ0n) is 12.6. The van der Waals surface area contributed by atoms with E-state index >= 15 is 0 Å². The molecule has 1 aliphatic rings. The molecule has 1 amide bonds. The fourth-order valence-corrected chi connectivity index (χ4v) is 2.05. The first-order valence-corrected chi connectivity index (χ1v) is 6.78. The molecule has 8 heteroatoms. The van der Waals surface area contributed by atoms with E-state index in [0.717, 1.165) is 12.8 Å². The molecule has 2 rings (SSSR count). The van der Waals surface area contributed by atoms with Crippen molar-refractivity contribution < 1.29 is 19.1 Å². The number of nitrogens with zero attached hydrogens (tertiary/aromatic N) is 3. The summed E-state index contributed by atoms with van der Waals surface area (Å²) in [6.07, 6.45) is 2.59. The minimum Gasteiger partial charge on any atom is -0.464 e. The van der Waals surface area contributed by atoms with Crippen molar-refractivity contribution in [2.45, 2.75) is 51.3 Å². The Bertz CT molecular complexity index is 529. The maximum Gasteiger partial charge on any atom is 0.407 e. The molecule has 116 valence electrons. The summed E-state index contributed by atoms with van der Waals surface area (Å²) in [7, 11) is 1.30. The van der Waals surface area contributed by atoms with Gasteiger partial charge < -0.3 is 14.8 Å². The number of alkyl carbamates (subject to hydrolysis) is 1. The average molecular weight is 296 g/mol. The number of carbonyl (C=O) groups excluding carboxylic acids is 2. The number of esters is 1. The van der Waals surface area contributed by atoms with Crippen LogP contribution in [-0.4, -0.2) is 45.8 Å². The van der Waals surface area contributed by atoms with Crippen molar-refractivity contribution in [3.8, 4) is 0 Å². The predicted molar refractivity (Wildman–Crippen MR) is 72.8 cm³/mol. The van der Waals surface area contributed by atoms with Crippen molar-refractivity contribution in [2.75, 3.05) is 7.11 Å². The van der Waals surface area contributed by atoms with Gasteiger partial charge in [-0.3, -0.25) is 0 Å². The molecule has 1 aromatic heterocycles. The molecule has 1 aliphatic carbocycles. The first kappa shape index (κ1) is 15.3. The number of amides is 1. The van der Waals surface area contributed by atoms with E-state index in [0.29, 0.717) is 0 Å². The van der Waals surface area contributed by atoms with E-state index in [1.165, 1.54) is 7.11 Å². The van der Waals surface area contributed by atoms with E-state index in [4.69, 9.17) is 4.74 Å². The second-order valence-corrected chi connectivity index (χ2v) is 6.04. The molecule has 0 bridgehead atoms. The minimum absolute atomic E-state index is 0.0515. The maximum absolute atomic E-state index is 11.6. The largest absolute Gasteiger partial charge is 0.464 e. The van der Waals surface area contributed by atoms with Gasteiger partial charge in [0.25, 0.3) is 0 Å². The molecule has 0 atom stereocenters. The van der Waals surface area contributed by atoms with Crippen LogP contribution in [0.25, 0.3) is 0 Å². The van der Waals surface area contributed by atoms with Crippen molar-refractivity contribution in [2.24, 2.45) is 0 Å². The Labute approximate surface area is 122 Å². The van der Waals surface area contributed by atoms with Gasteiger partial charge >= 0.3 is 12.1 Å². The smallest absolute Gasteiger partial charge is 0.407 e. The van der Waals surface area contributed by atoms with Crippen LogP contribution in [0.5, 0.6) is 0 Å². The second-order valence-electron chi connectivity index (χ2n) is 6.04. The summed E-state index contributed by atoms with van der Waals surface area (Å²) in [5.74, 6) is -0.510. The van der Waals surface area contributed by atoms with Gasteiger partial charge in [0, 0.05) is 6.04 Å². The van der Waals surface area contributed by atoms with Crippen molar-refractivity contribution in [3.05, 3.63) is 11.9 Å². The molecular weight excluding hydrogens is 276 g/mol. The first-order chi connectivity index (χ1) is 9.78. The summed E-state index contributed by atoms with van der Waals surface area (Å²) in [6, 6.07) is 0.173. The van der Waals surface area contributed by atoms with Crippen molar-refractivity contribution >= 4 is 12.1 Å². The molecule has 0 radical (unpaired) electrons. The first-order valence-electron chi connectivity index (χ1n) is 6.78. The molecule has 0 unspecified atom stereocenters. The number of carbonyl (C=O) groups is 2. The van der Waals surface area contributed by atoms with Gasteiger partial charge in [-0.25, -0.2) is 14.3 Å². The predicted octanol–water partition coefficient (Wildman–Crippen LogP) is 1.29. The van der Waals surface area contributed by atoms with E-state index in [-0.39, 0.29) is 17.8 Å². The van der Waals surface area contributed by atoms with Gasteiger partial charge in [0.05, 0.1) is 19.3 Å². The normalized spacial score (nSPS) is 21.3. The lowest BCUT2D eigenvalue weighted by atomic mass is 9.87. The highest BCUT2D eigenvalue weighted by molar-refractivity contribution is 5.86. The lowest BCUT2D eigenvalue weighted by Crippen LogP contribution is -2.46. The number of rotatable bonds is 3. The van der Waals surface area contributed by atoms with E-state index in [9.17, 15) is 9.59 Å². The lowest BCUT2D eigenvalue weighted by molar-refractivity contribution is 0.0451. The lowest BCUT2D eigenvalue weighted by Gasteiger charge is -2.35. The van der Waals surface area contributed by atoms with Gasteiger partial charge in [0.2, 0.25) is 0 Å². The molecule has 21 heavy (non-hydrogen) atoms. The highest BCUT2D eigenvalue weighted by Gasteiger charge is 2.34. The number of methoxy groups -OCH3 is 1. The second kappa shape index (κ2) is 5.71. The topological polar surface area (TPSA) is 95.3 Å². The summed E-state index contributed by atoms with van der Waals surface area (Å²) in [5, 5.41) is 10.5. The van der Waals surface area contributed by atoms with Crippen LogP contribution in [-0.2, 0) is 9.47 Å². The van der Waals surface area contributed by atoms with Crippen molar-refractivity contribution in [3.63, 3.8) is 0 Å². The van der Waals surface area contributed by atoms with Gasteiger partial charge in [-0.2, -0.15) is 0 Å². The Kier molecular flexibility index (Phi) is 4.15. The zero-order valence-corrected chi connectivity index (χ0v) is 12.6. The molecule has 0 aliphatic heterocycles. The number of hydrogen-bond acceptors (Lipinski definition) is 6. The maximum atomic E-state index is 11.6. The van der Waals surface area contributed by atoms with E-state index < -0.39 is 17.7 Å². The quantitative estimate of drug-likeness (QED) is 0.844. The molecule has 1 heterocycles. The molecule has 0 spiro atoms. The molecule has 0 saturated heterocycles. The molecule has 0 aromatic carbocycles. The Morgan fingerprint density at radius 3 is 2.62 bits per heavy atom.